The normalized spacial score (nSPS) is 23.8. The van der Waals surface area contributed by atoms with Crippen LogP contribution in [-0.2, 0) is 9.53 Å². The van der Waals surface area contributed by atoms with E-state index in [4.69, 9.17) is 4.74 Å². The largest absolute Gasteiger partial charge is 0.379 e. The van der Waals surface area contributed by atoms with Crippen molar-refractivity contribution in [2.24, 2.45) is 5.92 Å². The number of amides is 1. The molecule has 21 heavy (non-hydrogen) atoms. The summed E-state index contributed by atoms with van der Waals surface area (Å²) in [4.78, 5) is 14.2. The smallest absolute Gasteiger partial charge is 0.234 e. The van der Waals surface area contributed by atoms with Crippen molar-refractivity contribution in [3.63, 3.8) is 0 Å². The monoisotopic (exact) mass is 298 g/mol. The van der Waals surface area contributed by atoms with E-state index in [1.165, 1.54) is 19.3 Å². The van der Waals surface area contributed by atoms with Gasteiger partial charge in [0.05, 0.1) is 12.6 Å². The molecule has 124 valence electrons. The number of carbonyl (C=O) groups excluding carboxylic acids is 1. The first-order valence-electron chi connectivity index (χ1n) is 8.53. The van der Waals surface area contributed by atoms with Crippen molar-refractivity contribution in [3.8, 4) is 0 Å². The molecule has 1 amide bonds. The molecule has 1 saturated heterocycles. The molecule has 2 atom stereocenters. The van der Waals surface area contributed by atoms with Crippen molar-refractivity contribution >= 4 is 5.91 Å². The van der Waals surface area contributed by atoms with Crippen LogP contribution in [0.2, 0.25) is 0 Å². The Kier molecular flexibility index (Phi) is 8.27. The van der Waals surface area contributed by atoms with Gasteiger partial charge in [0.15, 0.2) is 0 Å². The summed E-state index contributed by atoms with van der Waals surface area (Å²) in [5, 5.41) is 2.98. The van der Waals surface area contributed by atoms with Gasteiger partial charge in [-0.1, -0.05) is 0 Å². The van der Waals surface area contributed by atoms with Gasteiger partial charge in [0.2, 0.25) is 5.91 Å². The molecule has 0 aromatic rings. The number of carbonyl (C=O) groups is 1. The lowest BCUT2D eigenvalue weighted by Crippen LogP contribution is -2.47. The number of ether oxygens (including phenoxy) is 1. The molecule has 1 fully saturated rings. The molecule has 4 nitrogen and oxygen atoms in total. The van der Waals surface area contributed by atoms with Crippen molar-refractivity contribution in [2.75, 3.05) is 19.7 Å². The van der Waals surface area contributed by atoms with Crippen LogP contribution in [0, 0.1) is 5.92 Å². The summed E-state index contributed by atoms with van der Waals surface area (Å²) in [6.07, 6.45) is 5.16. The van der Waals surface area contributed by atoms with Gasteiger partial charge >= 0.3 is 0 Å². The molecule has 1 aliphatic rings. The predicted octanol–water partition coefficient (Wildman–Crippen LogP) is 2.82. The van der Waals surface area contributed by atoms with Gasteiger partial charge in [0, 0.05) is 18.7 Å². The summed E-state index contributed by atoms with van der Waals surface area (Å²) in [5.41, 5.74) is 0. The molecule has 0 aliphatic carbocycles. The highest BCUT2D eigenvalue weighted by Crippen LogP contribution is 2.26. The maximum Gasteiger partial charge on any atom is 0.234 e. The Balaban J connectivity index is 2.22. The van der Waals surface area contributed by atoms with Crippen LogP contribution in [0.5, 0.6) is 0 Å². The molecule has 1 heterocycles. The maximum atomic E-state index is 11.9. The lowest BCUT2D eigenvalue weighted by molar-refractivity contribution is -0.123. The van der Waals surface area contributed by atoms with Crippen LogP contribution < -0.4 is 5.32 Å². The zero-order valence-electron chi connectivity index (χ0n) is 14.5. The summed E-state index contributed by atoms with van der Waals surface area (Å²) >= 11 is 0. The molecular formula is C17H34N2O2. The Morgan fingerprint density at radius 1 is 1.33 bits per heavy atom. The molecule has 1 N–H and O–H groups in total. The maximum absolute atomic E-state index is 11.9. The average molecular weight is 298 g/mol. The van der Waals surface area contributed by atoms with Gasteiger partial charge in [-0.25, -0.2) is 0 Å². The van der Waals surface area contributed by atoms with Crippen LogP contribution in [0.1, 0.15) is 60.3 Å². The molecule has 0 spiro atoms. The van der Waals surface area contributed by atoms with Crippen LogP contribution in [0.4, 0.5) is 0 Å². The molecule has 0 unspecified atom stereocenters. The van der Waals surface area contributed by atoms with Crippen molar-refractivity contribution in [3.05, 3.63) is 0 Å². The first-order valence-corrected chi connectivity index (χ1v) is 8.53. The Morgan fingerprint density at radius 2 is 2.05 bits per heavy atom. The zero-order valence-corrected chi connectivity index (χ0v) is 14.5. The van der Waals surface area contributed by atoms with E-state index in [-0.39, 0.29) is 11.9 Å². The minimum atomic E-state index is 0.153. The van der Waals surface area contributed by atoms with E-state index in [9.17, 15) is 4.79 Å². The zero-order chi connectivity index (χ0) is 15.8. The van der Waals surface area contributed by atoms with E-state index >= 15 is 0 Å². The van der Waals surface area contributed by atoms with Crippen molar-refractivity contribution < 1.29 is 9.53 Å². The van der Waals surface area contributed by atoms with Crippen LogP contribution >= 0.6 is 0 Å². The molecular weight excluding hydrogens is 264 g/mol. The van der Waals surface area contributed by atoms with Crippen molar-refractivity contribution in [1.29, 1.82) is 0 Å². The lowest BCUT2D eigenvalue weighted by atomic mass is 9.88. The molecule has 4 heteroatoms. The SMILES string of the molecule is CC(C)NC(=O)CN1CC[C@H](CCCOC(C)C)C[C@H]1C. The van der Waals surface area contributed by atoms with Gasteiger partial charge in [-0.15, -0.1) is 0 Å². The number of hydrogen-bond donors (Lipinski definition) is 1. The van der Waals surface area contributed by atoms with Crippen LogP contribution in [0.15, 0.2) is 0 Å². The molecule has 0 saturated carbocycles. The second-order valence-corrected chi connectivity index (χ2v) is 6.99. The summed E-state index contributed by atoms with van der Waals surface area (Å²) in [7, 11) is 0. The first kappa shape index (κ1) is 18.4. The fourth-order valence-corrected chi connectivity index (χ4v) is 3.06. The summed E-state index contributed by atoms with van der Waals surface area (Å²) in [6, 6.07) is 0.735. The fourth-order valence-electron chi connectivity index (χ4n) is 3.06. The summed E-state index contributed by atoms with van der Waals surface area (Å²) in [5.74, 6) is 0.945. The van der Waals surface area contributed by atoms with Gasteiger partial charge < -0.3 is 10.1 Å². The Bertz CT molecular complexity index is 305. The van der Waals surface area contributed by atoms with Crippen LogP contribution in [0.3, 0.4) is 0 Å². The number of likely N-dealkylation sites (tertiary alicyclic amines) is 1. The van der Waals surface area contributed by atoms with Crippen molar-refractivity contribution in [2.45, 2.75) is 78.5 Å². The first-order chi connectivity index (χ1) is 9.88. The topological polar surface area (TPSA) is 41.6 Å². The number of nitrogens with one attached hydrogen (secondary N) is 1. The predicted molar refractivity (Wildman–Crippen MR) is 87.4 cm³/mol. The number of hydrogen-bond acceptors (Lipinski definition) is 3. The van der Waals surface area contributed by atoms with Gasteiger partial charge in [0.1, 0.15) is 0 Å². The lowest BCUT2D eigenvalue weighted by Gasteiger charge is -2.37. The number of piperidine rings is 1. The second-order valence-electron chi connectivity index (χ2n) is 6.99. The van der Waals surface area contributed by atoms with Gasteiger partial charge in [-0.2, -0.15) is 0 Å². The fraction of sp³-hybridized carbons (Fsp3) is 0.941. The van der Waals surface area contributed by atoms with E-state index in [1.807, 2.05) is 13.8 Å². The molecule has 0 radical (unpaired) electrons. The quantitative estimate of drug-likeness (QED) is 0.701. The highest BCUT2D eigenvalue weighted by atomic mass is 16.5. The minimum Gasteiger partial charge on any atom is -0.379 e. The Labute approximate surface area is 130 Å². The molecule has 1 aliphatic heterocycles. The van der Waals surface area contributed by atoms with E-state index in [1.54, 1.807) is 0 Å². The average Bonchev–Trinajstić information content (AvgIpc) is 2.36. The third-order valence-corrected chi connectivity index (χ3v) is 4.13. The van der Waals surface area contributed by atoms with Gasteiger partial charge in [-0.05, 0) is 72.8 Å². The third kappa shape index (κ3) is 7.82. The molecule has 1 rings (SSSR count). The molecule has 0 aromatic heterocycles. The highest BCUT2D eigenvalue weighted by molar-refractivity contribution is 5.78. The molecule has 0 bridgehead atoms. The summed E-state index contributed by atoms with van der Waals surface area (Å²) < 4.78 is 5.61. The van der Waals surface area contributed by atoms with E-state index in [0.29, 0.717) is 18.7 Å². The van der Waals surface area contributed by atoms with Gasteiger partial charge in [-0.3, -0.25) is 9.69 Å². The second kappa shape index (κ2) is 9.42. The standard InChI is InChI=1S/C17H34N2O2/c1-13(2)18-17(20)12-19-9-8-16(11-15(19)5)7-6-10-21-14(3)4/h13-16H,6-12H2,1-5H3,(H,18,20)/t15-,16+/m1/s1. The van der Waals surface area contributed by atoms with Crippen LogP contribution in [-0.4, -0.2) is 48.7 Å². The van der Waals surface area contributed by atoms with Crippen molar-refractivity contribution in [1.82, 2.24) is 10.2 Å². The van der Waals surface area contributed by atoms with E-state index < -0.39 is 0 Å². The number of rotatable bonds is 8. The number of nitrogens with zero attached hydrogens (tertiary/aromatic N) is 1. The summed E-state index contributed by atoms with van der Waals surface area (Å²) in [6.45, 7) is 12.9. The molecule has 0 aromatic carbocycles. The minimum absolute atomic E-state index is 0.153. The Hall–Kier alpha value is -0.610. The van der Waals surface area contributed by atoms with E-state index in [2.05, 4.69) is 31.0 Å². The third-order valence-electron chi connectivity index (χ3n) is 4.13. The Morgan fingerprint density at radius 3 is 2.62 bits per heavy atom. The highest BCUT2D eigenvalue weighted by Gasteiger charge is 2.26. The van der Waals surface area contributed by atoms with E-state index in [0.717, 1.165) is 25.5 Å². The van der Waals surface area contributed by atoms with Gasteiger partial charge in [0.25, 0.3) is 0 Å². The van der Waals surface area contributed by atoms with Crippen LogP contribution in [0.25, 0.3) is 0 Å².